The molecule has 0 unspecified atom stereocenters. The van der Waals surface area contributed by atoms with Crippen LogP contribution in [0.15, 0.2) is 23.1 Å². The molecular formula is C10H16N2O6S3. The van der Waals surface area contributed by atoms with Gasteiger partial charge in [0.05, 0.1) is 22.1 Å². The number of hydrogen-bond donors (Lipinski definition) is 2. The molecule has 0 atom stereocenters. The van der Waals surface area contributed by atoms with Crippen molar-refractivity contribution in [2.75, 3.05) is 22.5 Å². The summed E-state index contributed by atoms with van der Waals surface area (Å²) in [6.07, 6.45) is 0.939. The Labute approximate surface area is 124 Å². The van der Waals surface area contributed by atoms with Crippen LogP contribution < -0.4 is 9.86 Å². The number of nitrogens with two attached hydrogens (primary N) is 1. The largest absolute Gasteiger partial charge is 0.283 e. The van der Waals surface area contributed by atoms with Crippen molar-refractivity contribution in [3.05, 3.63) is 23.8 Å². The molecule has 0 bridgehead atoms. The van der Waals surface area contributed by atoms with Crippen LogP contribution in [0.3, 0.4) is 0 Å². The molecule has 0 saturated carbocycles. The molecule has 3 N–H and O–H groups in total. The van der Waals surface area contributed by atoms with Crippen LogP contribution in [0.5, 0.6) is 0 Å². The molecule has 0 aliphatic rings. The van der Waals surface area contributed by atoms with E-state index in [1.165, 1.54) is 19.1 Å². The predicted octanol–water partition coefficient (Wildman–Crippen LogP) is -0.571. The highest BCUT2D eigenvalue weighted by molar-refractivity contribution is 7.95. The zero-order valence-electron chi connectivity index (χ0n) is 11.4. The first kappa shape index (κ1) is 17.9. The molecule has 0 heterocycles. The van der Waals surface area contributed by atoms with Crippen molar-refractivity contribution in [1.82, 2.24) is 0 Å². The molecule has 0 spiro atoms. The second-order valence-electron chi connectivity index (χ2n) is 4.57. The highest BCUT2D eigenvalue weighted by atomic mass is 32.2. The van der Waals surface area contributed by atoms with E-state index >= 15 is 0 Å². The smallest absolute Gasteiger partial charge is 0.238 e. The first-order valence-electron chi connectivity index (χ1n) is 5.62. The van der Waals surface area contributed by atoms with E-state index < -0.39 is 41.4 Å². The summed E-state index contributed by atoms with van der Waals surface area (Å²) in [6.45, 7) is 1.50. The van der Waals surface area contributed by atoms with Gasteiger partial charge in [0.25, 0.3) is 0 Å². The van der Waals surface area contributed by atoms with Crippen molar-refractivity contribution in [2.45, 2.75) is 11.8 Å². The van der Waals surface area contributed by atoms with E-state index in [4.69, 9.17) is 5.14 Å². The molecule has 0 aromatic heterocycles. The zero-order valence-corrected chi connectivity index (χ0v) is 13.8. The number of anilines is 1. The van der Waals surface area contributed by atoms with Gasteiger partial charge in [-0.1, -0.05) is 0 Å². The van der Waals surface area contributed by atoms with Crippen molar-refractivity contribution in [2.24, 2.45) is 5.14 Å². The summed E-state index contributed by atoms with van der Waals surface area (Å²) in [7, 11) is -11.1. The van der Waals surface area contributed by atoms with Gasteiger partial charge < -0.3 is 0 Å². The van der Waals surface area contributed by atoms with Gasteiger partial charge in [-0.15, -0.1) is 0 Å². The molecule has 0 amide bonds. The third kappa shape index (κ3) is 5.99. The number of primary sulfonamides is 1. The first-order valence-corrected chi connectivity index (χ1v) is 10.9. The minimum Gasteiger partial charge on any atom is -0.283 e. The van der Waals surface area contributed by atoms with Crippen LogP contribution in [0.4, 0.5) is 5.69 Å². The number of sulfone groups is 1. The molecule has 1 rings (SSSR count). The summed E-state index contributed by atoms with van der Waals surface area (Å²) in [6, 6.07) is 3.65. The SMILES string of the molecule is Cc1cc(S(N)(=O)=O)ccc1NS(=O)(=O)CCS(C)(=O)=O. The van der Waals surface area contributed by atoms with Crippen LogP contribution in [0, 0.1) is 6.92 Å². The van der Waals surface area contributed by atoms with Crippen LogP contribution in [-0.2, 0) is 29.9 Å². The van der Waals surface area contributed by atoms with Gasteiger partial charge in [0.2, 0.25) is 20.0 Å². The Kier molecular flexibility index (Phi) is 5.03. The summed E-state index contributed by atoms with van der Waals surface area (Å²) in [4.78, 5) is -0.140. The Morgan fingerprint density at radius 1 is 1.05 bits per heavy atom. The Bertz CT molecular complexity index is 841. The van der Waals surface area contributed by atoms with E-state index in [0.29, 0.717) is 5.56 Å². The third-order valence-corrected chi connectivity index (χ3v) is 5.90. The van der Waals surface area contributed by atoms with Gasteiger partial charge in [-0.2, -0.15) is 0 Å². The minimum atomic E-state index is -3.87. The van der Waals surface area contributed by atoms with Crippen molar-refractivity contribution >= 4 is 35.6 Å². The molecule has 1 aromatic carbocycles. The Morgan fingerprint density at radius 2 is 1.62 bits per heavy atom. The van der Waals surface area contributed by atoms with Gasteiger partial charge >= 0.3 is 0 Å². The van der Waals surface area contributed by atoms with Crippen LogP contribution in [0.2, 0.25) is 0 Å². The molecular weight excluding hydrogens is 340 g/mol. The Morgan fingerprint density at radius 3 is 2.05 bits per heavy atom. The highest BCUT2D eigenvalue weighted by Crippen LogP contribution is 2.20. The lowest BCUT2D eigenvalue weighted by Gasteiger charge is -2.11. The average Bonchev–Trinajstić information content (AvgIpc) is 2.27. The van der Waals surface area contributed by atoms with E-state index in [-0.39, 0.29) is 10.6 Å². The number of aryl methyl sites for hydroxylation is 1. The van der Waals surface area contributed by atoms with Crippen LogP contribution >= 0.6 is 0 Å². The Balaban J connectivity index is 2.99. The summed E-state index contributed by atoms with van der Waals surface area (Å²) in [5, 5.41) is 4.97. The van der Waals surface area contributed by atoms with E-state index in [0.717, 1.165) is 12.3 Å². The van der Waals surface area contributed by atoms with E-state index in [1.54, 1.807) is 0 Å². The van der Waals surface area contributed by atoms with Crippen LogP contribution in [0.1, 0.15) is 5.56 Å². The van der Waals surface area contributed by atoms with Gasteiger partial charge in [-0.05, 0) is 30.7 Å². The number of rotatable bonds is 6. The number of nitrogens with one attached hydrogen (secondary N) is 1. The number of sulfonamides is 2. The first-order chi connectivity index (χ1) is 9.30. The molecule has 0 fully saturated rings. The fraction of sp³-hybridized carbons (Fsp3) is 0.400. The van der Waals surface area contributed by atoms with Gasteiger partial charge in [-0.25, -0.2) is 30.4 Å². The number of hydrogen-bond acceptors (Lipinski definition) is 6. The summed E-state index contributed by atoms with van der Waals surface area (Å²) >= 11 is 0. The maximum atomic E-state index is 11.8. The van der Waals surface area contributed by atoms with Gasteiger partial charge in [0.1, 0.15) is 9.84 Å². The molecule has 120 valence electrons. The topological polar surface area (TPSA) is 140 Å². The van der Waals surface area contributed by atoms with Crippen molar-refractivity contribution in [1.29, 1.82) is 0 Å². The zero-order chi connectivity index (χ0) is 16.5. The molecule has 11 heteroatoms. The van der Waals surface area contributed by atoms with E-state index in [1.807, 2.05) is 0 Å². The summed E-state index contributed by atoms with van der Waals surface area (Å²) in [5.74, 6) is -1.08. The molecule has 1 aromatic rings. The maximum Gasteiger partial charge on any atom is 0.238 e. The van der Waals surface area contributed by atoms with Gasteiger partial charge in [0, 0.05) is 6.26 Å². The second kappa shape index (κ2) is 5.91. The predicted molar refractivity (Wildman–Crippen MR) is 79.7 cm³/mol. The van der Waals surface area contributed by atoms with Crippen LogP contribution in [-0.4, -0.2) is 43.0 Å². The quantitative estimate of drug-likeness (QED) is 0.699. The van der Waals surface area contributed by atoms with Crippen molar-refractivity contribution < 1.29 is 25.3 Å². The van der Waals surface area contributed by atoms with E-state index in [9.17, 15) is 25.3 Å². The van der Waals surface area contributed by atoms with E-state index in [2.05, 4.69) is 4.72 Å². The van der Waals surface area contributed by atoms with Crippen molar-refractivity contribution in [3.8, 4) is 0 Å². The van der Waals surface area contributed by atoms with Crippen molar-refractivity contribution in [3.63, 3.8) is 0 Å². The lowest BCUT2D eigenvalue weighted by molar-refractivity contribution is 0.593. The lowest BCUT2D eigenvalue weighted by Crippen LogP contribution is -2.23. The fourth-order valence-corrected chi connectivity index (χ4v) is 4.76. The summed E-state index contributed by atoms with van der Waals surface area (Å²) in [5.41, 5.74) is 0.514. The maximum absolute atomic E-state index is 11.8. The molecule has 0 aliphatic heterocycles. The monoisotopic (exact) mass is 356 g/mol. The minimum absolute atomic E-state index is 0.140. The van der Waals surface area contributed by atoms with Gasteiger partial charge in [0.15, 0.2) is 0 Å². The number of benzene rings is 1. The molecule has 0 aliphatic carbocycles. The lowest BCUT2D eigenvalue weighted by atomic mass is 10.2. The fourth-order valence-electron chi connectivity index (χ4n) is 1.41. The third-order valence-electron chi connectivity index (χ3n) is 2.51. The second-order valence-corrected chi connectivity index (χ2v) is 10.2. The molecule has 21 heavy (non-hydrogen) atoms. The molecule has 0 radical (unpaired) electrons. The normalized spacial score (nSPS) is 13.1. The van der Waals surface area contributed by atoms with Gasteiger partial charge in [-0.3, -0.25) is 4.72 Å². The standard InChI is InChI=1S/C10H16N2O6S3/c1-8-7-9(21(11,17)18)3-4-10(8)12-20(15,16)6-5-19(2,13)14/h3-4,7,12H,5-6H2,1-2H3,(H2,11,17,18). The molecule has 8 nitrogen and oxygen atoms in total. The Hall–Kier alpha value is -1.17. The highest BCUT2D eigenvalue weighted by Gasteiger charge is 2.16. The molecule has 0 saturated heterocycles. The summed E-state index contributed by atoms with van der Waals surface area (Å²) < 4.78 is 70.0. The average molecular weight is 356 g/mol. The van der Waals surface area contributed by atoms with Crippen LogP contribution in [0.25, 0.3) is 0 Å².